The van der Waals surface area contributed by atoms with E-state index in [0.717, 1.165) is 11.3 Å². The Labute approximate surface area is 141 Å². The number of carbonyl (C=O) groups excluding carboxylic acids is 1. The van der Waals surface area contributed by atoms with Gasteiger partial charge in [-0.3, -0.25) is 9.59 Å². The summed E-state index contributed by atoms with van der Waals surface area (Å²) in [7, 11) is 0. The third-order valence-electron chi connectivity index (χ3n) is 3.48. The third kappa shape index (κ3) is 4.68. The van der Waals surface area contributed by atoms with Gasteiger partial charge in [0.25, 0.3) is 11.5 Å². The Morgan fingerprint density at radius 2 is 2.08 bits per heavy atom. The highest BCUT2D eigenvalue weighted by atomic mass is 16.5. The topological polar surface area (TPSA) is 84.1 Å². The molecule has 0 fully saturated rings. The monoisotopic (exact) mass is 329 g/mol. The fourth-order valence-corrected chi connectivity index (χ4v) is 2.22. The van der Waals surface area contributed by atoms with Crippen LogP contribution >= 0.6 is 0 Å². The van der Waals surface area contributed by atoms with Crippen LogP contribution in [0.3, 0.4) is 0 Å². The van der Waals surface area contributed by atoms with E-state index in [1.54, 1.807) is 12.1 Å². The molecular weight excluding hydrogens is 306 g/mol. The van der Waals surface area contributed by atoms with E-state index in [4.69, 9.17) is 4.74 Å². The molecule has 0 spiro atoms. The van der Waals surface area contributed by atoms with Crippen LogP contribution in [0.25, 0.3) is 0 Å². The van der Waals surface area contributed by atoms with Gasteiger partial charge in [-0.1, -0.05) is 13.8 Å². The van der Waals surface area contributed by atoms with E-state index < -0.39 is 0 Å². The molecule has 0 saturated heterocycles. The van der Waals surface area contributed by atoms with Gasteiger partial charge in [0.05, 0.1) is 12.2 Å². The van der Waals surface area contributed by atoms with Gasteiger partial charge < -0.3 is 15.0 Å². The van der Waals surface area contributed by atoms with Gasteiger partial charge in [-0.2, -0.15) is 0 Å². The van der Waals surface area contributed by atoms with Crippen molar-refractivity contribution >= 4 is 5.91 Å². The largest absolute Gasteiger partial charge is 0.477 e. The quantitative estimate of drug-likeness (QED) is 0.852. The molecule has 2 aromatic heterocycles. The number of rotatable bonds is 6. The van der Waals surface area contributed by atoms with Crippen LogP contribution in [0.2, 0.25) is 0 Å². The highest BCUT2D eigenvalue weighted by Gasteiger charge is 2.10. The van der Waals surface area contributed by atoms with Crippen LogP contribution in [-0.2, 0) is 6.54 Å². The molecule has 2 heterocycles. The zero-order chi connectivity index (χ0) is 17.7. The molecule has 0 unspecified atom stereocenters. The van der Waals surface area contributed by atoms with Gasteiger partial charge in [0.2, 0.25) is 5.88 Å². The minimum atomic E-state index is -0.280. The van der Waals surface area contributed by atoms with Crippen LogP contribution in [0, 0.1) is 19.8 Å². The number of hydrogen-bond acceptors (Lipinski definition) is 4. The lowest BCUT2D eigenvalue weighted by atomic mass is 10.1. The number of hydrogen-bond donors (Lipinski definition) is 2. The van der Waals surface area contributed by atoms with Crippen molar-refractivity contribution in [2.45, 2.75) is 34.2 Å². The van der Waals surface area contributed by atoms with Crippen molar-refractivity contribution in [3.8, 4) is 5.88 Å². The summed E-state index contributed by atoms with van der Waals surface area (Å²) in [6.07, 6.45) is 1.47. The zero-order valence-corrected chi connectivity index (χ0v) is 14.5. The summed E-state index contributed by atoms with van der Waals surface area (Å²) in [5.74, 6) is 0.619. The van der Waals surface area contributed by atoms with Crippen LogP contribution in [-0.4, -0.2) is 22.5 Å². The summed E-state index contributed by atoms with van der Waals surface area (Å²) in [6.45, 7) is 8.53. The maximum Gasteiger partial charge on any atom is 0.253 e. The molecule has 2 N–H and O–H groups in total. The first-order valence-corrected chi connectivity index (χ1v) is 7.93. The molecule has 6 nitrogen and oxygen atoms in total. The van der Waals surface area contributed by atoms with E-state index in [1.807, 2.05) is 19.9 Å². The number of pyridine rings is 2. The average Bonchev–Trinajstić information content (AvgIpc) is 2.52. The van der Waals surface area contributed by atoms with E-state index in [0.29, 0.717) is 29.5 Å². The summed E-state index contributed by atoms with van der Waals surface area (Å²) in [4.78, 5) is 31.0. The van der Waals surface area contributed by atoms with Crippen molar-refractivity contribution in [1.82, 2.24) is 15.3 Å². The molecule has 6 heteroatoms. The Bertz CT molecular complexity index is 764. The van der Waals surface area contributed by atoms with Crippen LogP contribution < -0.4 is 15.6 Å². The molecule has 128 valence electrons. The number of nitrogens with one attached hydrogen (secondary N) is 2. The van der Waals surface area contributed by atoms with Crippen molar-refractivity contribution in [1.29, 1.82) is 0 Å². The molecule has 0 bridgehead atoms. The molecule has 0 aromatic carbocycles. The van der Waals surface area contributed by atoms with Crippen molar-refractivity contribution in [3.05, 3.63) is 57.1 Å². The molecule has 0 saturated carbocycles. The molecule has 1 amide bonds. The number of amides is 1. The molecule has 0 aliphatic carbocycles. The van der Waals surface area contributed by atoms with Crippen molar-refractivity contribution in [3.63, 3.8) is 0 Å². The number of nitrogens with zero attached hydrogens (tertiary/aromatic N) is 1. The first-order valence-electron chi connectivity index (χ1n) is 7.93. The lowest BCUT2D eigenvalue weighted by Gasteiger charge is -2.09. The Hall–Kier alpha value is -2.63. The van der Waals surface area contributed by atoms with Gasteiger partial charge in [0.15, 0.2) is 0 Å². The van der Waals surface area contributed by atoms with Gasteiger partial charge in [0.1, 0.15) is 0 Å². The fourth-order valence-electron chi connectivity index (χ4n) is 2.22. The molecule has 2 aromatic rings. The Morgan fingerprint density at radius 1 is 1.33 bits per heavy atom. The van der Waals surface area contributed by atoms with Gasteiger partial charge in [-0.15, -0.1) is 0 Å². The molecule has 0 atom stereocenters. The summed E-state index contributed by atoms with van der Waals surface area (Å²) in [6, 6.07) is 5.21. The third-order valence-corrected chi connectivity index (χ3v) is 3.48. The van der Waals surface area contributed by atoms with Crippen molar-refractivity contribution < 1.29 is 9.53 Å². The summed E-state index contributed by atoms with van der Waals surface area (Å²) in [5.41, 5.74) is 2.45. The maximum atomic E-state index is 12.2. The minimum absolute atomic E-state index is 0.173. The van der Waals surface area contributed by atoms with Gasteiger partial charge in [-0.05, 0) is 37.5 Å². The number of ether oxygens (including phenoxy) is 1. The molecular formula is C18H23N3O3. The number of aromatic amines is 1. The number of carbonyl (C=O) groups is 1. The molecule has 2 rings (SSSR count). The average molecular weight is 329 g/mol. The van der Waals surface area contributed by atoms with E-state index >= 15 is 0 Å². The molecule has 0 aliphatic rings. The lowest BCUT2D eigenvalue weighted by molar-refractivity contribution is 0.0950. The van der Waals surface area contributed by atoms with Crippen LogP contribution in [0.4, 0.5) is 0 Å². The van der Waals surface area contributed by atoms with Crippen molar-refractivity contribution in [2.75, 3.05) is 6.61 Å². The van der Waals surface area contributed by atoms with E-state index in [1.165, 1.54) is 6.20 Å². The first-order chi connectivity index (χ1) is 11.4. The Balaban J connectivity index is 1.99. The second-order valence-electron chi connectivity index (χ2n) is 6.22. The van der Waals surface area contributed by atoms with Gasteiger partial charge in [-0.25, -0.2) is 4.98 Å². The van der Waals surface area contributed by atoms with Gasteiger partial charge in [0, 0.05) is 30.1 Å². The van der Waals surface area contributed by atoms with Gasteiger partial charge >= 0.3 is 0 Å². The second-order valence-corrected chi connectivity index (χ2v) is 6.22. The second kappa shape index (κ2) is 7.77. The lowest BCUT2D eigenvalue weighted by Crippen LogP contribution is -2.28. The van der Waals surface area contributed by atoms with E-state index in [9.17, 15) is 9.59 Å². The SMILES string of the molecule is Cc1cc(C)c(CNC(=O)c2ccc(OCC(C)C)nc2)c(=O)[nH]1. The normalized spacial score (nSPS) is 10.7. The predicted octanol–water partition coefficient (Wildman–Crippen LogP) is 2.35. The fraction of sp³-hybridized carbons (Fsp3) is 0.389. The summed E-state index contributed by atoms with van der Waals surface area (Å²) in [5, 5.41) is 2.75. The molecule has 0 aliphatic heterocycles. The number of aryl methyl sites for hydroxylation is 2. The zero-order valence-electron chi connectivity index (χ0n) is 14.5. The smallest absolute Gasteiger partial charge is 0.253 e. The highest BCUT2D eigenvalue weighted by Crippen LogP contribution is 2.09. The van der Waals surface area contributed by atoms with E-state index in [2.05, 4.69) is 29.1 Å². The first kappa shape index (κ1) is 17.7. The Morgan fingerprint density at radius 3 is 2.67 bits per heavy atom. The molecule has 24 heavy (non-hydrogen) atoms. The minimum Gasteiger partial charge on any atom is -0.477 e. The summed E-state index contributed by atoms with van der Waals surface area (Å²) >= 11 is 0. The predicted molar refractivity (Wildman–Crippen MR) is 92.3 cm³/mol. The number of H-pyrrole nitrogens is 1. The number of aromatic nitrogens is 2. The van der Waals surface area contributed by atoms with Crippen LogP contribution in [0.1, 0.15) is 41.0 Å². The summed E-state index contributed by atoms with van der Waals surface area (Å²) < 4.78 is 5.49. The highest BCUT2D eigenvalue weighted by molar-refractivity contribution is 5.93. The van der Waals surface area contributed by atoms with Crippen molar-refractivity contribution in [2.24, 2.45) is 5.92 Å². The molecule has 0 radical (unpaired) electrons. The Kier molecular flexibility index (Phi) is 5.73. The van der Waals surface area contributed by atoms with Crippen LogP contribution in [0.5, 0.6) is 5.88 Å². The van der Waals surface area contributed by atoms with Crippen LogP contribution in [0.15, 0.2) is 29.2 Å². The standard InChI is InChI=1S/C18H23N3O3/c1-11(2)10-24-16-6-5-14(8-19-16)17(22)20-9-15-12(3)7-13(4)21-18(15)23/h5-8,11H,9-10H2,1-4H3,(H,20,22)(H,21,23). The maximum absolute atomic E-state index is 12.2. The van der Waals surface area contributed by atoms with E-state index in [-0.39, 0.29) is 18.0 Å².